The molecule has 2 aliphatic rings. The van der Waals surface area contributed by atoms with E-state index in [0.29, 0.717) is 10.6 Å². The van der Waals surface area contributed by atoms with E-state index in [1.165, 1.54) is 30.2 Å². The molecular weight excluding hydrogens is 492 g/mol. The second kappa shape index (κ2) is 14.3. The highest BCUT2D eigenvalue weighted by Crippen LogP contribution is 2.28. The standard InChI is InChI=1S/C27H44N4O5S/c1-20-16-24(35-5)17-21(2)27(20)37(34)29(3)19-25(32)28-18-26(33)30(4)22-8-10-23(11-9-22)36-15-14-31-12-6-7-13-31/h16-17,22-23H,6-15,18-19H2,1-5H3,(H,28,32)/t22-,23-,37?. The highest BCUT2D eigenvalue weighted by Gasteiger charge is 2.28. The van der Waals surface area contributed by atoms with E-state index in [1.807, 2.05) is 33.0 Å². The second-order valence-corrected chi connectivity index (χ2v) is 11.8. The van der Waals surface area contributed by atoms with Crippen LogP contribution in [0.15, 0.2) is 17.0 Å². The number of carbonyl (C=O) groups is 2. The Morgan fingerprint density at radius 1 is 1.11 bits per heavy atom. The average molecular weight is 537 g/mol. The van der Waals surface area contributed by atoms with Gasteiger partial charge in [-0.15, -0.1) is 4.31 Å². The molecule has 1 heterocycles. The molecule has 0 radical (unpaired) electrons. The van der Waals surface area contributed by atoms with Gasteiger partial charge in [0.15, 0.2) is 4.90 Å². The molecule has 2 amide bonds. The maximum atomic E-state index is 13.1. The van der Waals surface area contributed by atoms with Gasteiger partial charge in [-0.1, -0.05) is 0 Å². The highest BCUT2D eigenvalue weighted by molar-refractivity contribution is 7.89. The molecule has 0 aromatic heterocycles. The van der Waals surface area contributed by atoms with Gasteiger partial charge in [0, 0.05) is 37.8 Å². The number of benzene rings is 1. The van der Waals surface area contributed by atoms with Gasteiger partial charge in [-0.3, -0.25) is 9.59 Å². The molecule has 1 N–H and O–H groups in total. The molecule has 2 fully saturated rings. The first-order chi connectivity index (χ1) is 17.7. The minimum Gasteiger partial charge on any atom is -0.593 e. The number of likely N-dealkylation sites (tertiary alicyclic amines) is 1. The smallest absolute Gasteiger partial charge is 0.241 e. The molecule has 0 bridgehead atoms. The van der Waals surface area contributed by atoms with Crippen molar-refractivity contribution in [3.8, 4) is 5.75 Å². The minimum atomic E-state index is -1.51. The van der Waals surface area contributed by atoms with Gasteiger partial charge in [-0.2, -0.15) is 0 Å². The van der Waals surface area contributed by atoms with Crippen LogP contribution in [0.2, 0.25) is 0 Å². The fraction of sp³-hybridized carbons (Fsp3) is 0.704. The Morgan fingerprint density at radius 3 is 2.32 bits per heavy atom. The molecular formula is C27H44N4O5S. The van der Waals surface area contributed by atoms with Gasteiger partial charge in [0.1, 0.15) is 12.3 Å². The third kappa shape index (κ3) is 8.58. The van der Waals surface area contributed by atoms with Crippen LogP contribution < -0.4 is 10.1 Å². The van der Waals surface area contributed by atoms with E-state index in [9.17, 15) is 14.1 Å². The Labute approximate surface area is 225 Å². The Bertz CT molecular complexity index is 880. The number of ether oxygens (including phenoxy) is 2. The zero-order valence-electron chi connectivity index (χ0n) is 23.1. The van der Waals surface area contributed by atoms with E-state index in [1.54, 1.807) is 19.1 Å². The van der Waals surface area contributed by atoms with Gasteiger partial charge in [0.05, 0.1) is 37.7 Å². The van der Waals surface area contributed by atoms with Crippen LogP contribution in [-0.2, 0) is 25.7 Å². The highest BCUT2D eigenvalue weighted by atomic mass is 32.2. The first-order valence-electron chi connectivity index (χ1n) is 13.3. The van der Waals surface area contributed by atoms with Crippen molar-refractivity contribution in [2.45, 2.75) is 69.4 Å². The molecule has 37 heavy (non-hydrogen) atoms. The number of likely N-dealkylation sites (N-methyl/N-ethyl adjacent to an activating group) is 2. The van der Waals surface area contributed by atoms with E-state index in [2.05, 4.69) is 10.2 Å². The van der Waals surface area contributed by atoms with Crippen molar-refractivity contribution in [2.24, 2.45) is 0 Å². The van der Waals surface area contributed by atoms with Crippen LogP contribution >= 0.6 is 0 Å². The number of aryl methyl sites for hydroxylation is 2. The number of methoxy groups -OCH3 is 1. The van der Waals surface area contributed by atoms with Crippen molar-refractivity contribution in [2.75, 3.05) is 60.5 Å². The lowest BCUT2D eigenvalue weighted by Crippen LogP contribution is -2.47. The summed E-state index contributed by atoms with van der Waals surface area (Å²) in [5.41, 5.74) is 1.68. The number of carbonyl (C=O) groups excluding carboxylic acids is 2. The van der Waals surface area contributed by atoms with Crippen molar-refractivity contribution in [3.05, 3.63) is 23.3 Å². The van der Waals surface area contributed by atoms with E-state index >= 15 is 0 Å². The molecule has 1 aromatic carbocycles. The number of nitrogens with one attached hydrogen (secondary N) is 1. The Balaban J connectivity index is 1.37. The number of nitrogens with zero attached hydrogens (tertiary/aromatic N) is 3. The number of rotatable bonds is 12. The Hall–Kier alpha value is -1.85. The van der Waals surface area contributed by atoms with Crippen molar-refractivity contribution in [1.29, 1.82) is 0 Å². The summed E-state index contributed by atoms with van der Waals surface area (Å²) in [6.45, 7) is 7.79. The van der Waals surface area contributed by atoms with Crippen molar-refractivity contribution in [3.63, 3.8) is 0 Å². The summed E-state index contributed by atoms with van der Waals surface area (Å²) in [6.07, 6.45) is 6.59. The minimum absolute atomic E-state index is 0.0668. The number of amides is 2. The molecule has 3 rings (SSSR count). The van der Waals surface area contributed by atoms with Crippen molar-refractivity contribution >= 4 is 23.2 Å². The summed E-state index contributed by atoms with van der Waals surface area (Å²) >= 11 is -1.51. The summed E-state index contributed by atoms with van der Waals surface area (Å²) in [7, 11) is 5.04. The van der Waals surface area contributed by atoms with E-state index in [-0.39, 0.29) is 37.0 Å². The fourth-order valence-electron chi connectivity index (χ4n) is 5.23. The van der Waals surface area contributed by atoms with E-state index in [0.717, 1.165) is 50.0 Å². The molecule has 10 heteroatoms. The molecule has 208 valence electrons. The lowest BCUT2D eigenvalue weighted by molar-refractivity contribution is -0.134. The fourth-order valence-corrected chi connectivity index (χ4v) is 6.45. The zero-order valence-corrected chi connectivity index (χ0v) is 23.9. The molecule has 9 nitrogen and oxygen atoms in total. The first kappa shape index (κ1) is 29.7. The summed E-state index contributed by atoms with van der Waals surface area (Å²) in [5.74, 6) is 0.256. The summed E-state index contributed by atoms with van der Waals surface area (Å²) < 4.78 is 25.9. The van der Waals surface area contributed by atoms with Crippen LogP contribution in [0.4, 0.5) is 0 Å². The lowest BCUT2D eigenvalue weighted by atomic mass is 9.92. The quantitative estimate of drug-likeness (QED) is 0.409. The van der Waals surface area contributed by atoms with Crippen molar-refractivity contribution in [1.82, 2.24) is 19.4 Å². The van der Waals surface area contributed by atoms with E-state index < -0.39 is 11.4 Å². The van der Waals surface area contributed by atoms with Gasteiger partial charge in [-0.25, -0.2) is 0 Å². The average Bonchev–Trinajstić information content (AvgIpc) is 3.40. The molecule has 1 aliphatic heterocycles. The van der Waals surface area contributed by atoms with Gasteiger partial charge in [0.2, 0.25) is 11.8 Å². The second-order valence-electron chi connectivity index (χ2n) is 10.3. The largest absolute Gasteiger partial charge is 0.593 e. The van der Waals surface area contributed by atoms with Crippen LogP contribution in [-0.4, -0.2) is 103 Å². The predicted octanol–water partition coefficient (Wildman–Crippen LogP) is 2.26. The number of hydrogen-bond acceptors (Lipinski definition) is 7. The number of hydrogen-bond donors (Lipinski definition) is 1. The van der Waals surface area contributed by atoms with Gasteiger partial charge < -0.3 is 29.1 Å². The SMILES string of the molecule is COc1cc(C)c([S+]([O-])N(C)CC(=O)NCC(=O)N(C)[C@H]2CC[C@H](OCCN3CCCC3)CC2)c(C)c1. The maximum absolute atomic E-state index is 13.1. The topological polar surface area (TPSA) is 97.4 Å². The Morgan fingerprint density at radius 2 is 1.73 bits per heavy atom. The molecule has 1 saturated heterocycles. The summed E-state index contributed by atoms with van der Waals surface area (Å²) in [4.78, 5) is 30.1. The molecule has 1 aromatic rings. The molecule has 0 spiro atoms. The molecule has 1 atom stereocenters. The maximum Gasteiger partial charge on any atom is 0.241 e. The Kier molecular flexibility index (Phi) is 11.5. The first-order valence-corrected chi connectivity index (χ1v) is 14.4. The van der Waals surface area contributed by atoms with Gasteiger partial charge in [-0.05, 0) is 77.6 Å². The zero-order chi connectivity index (χ0) is 26.9. The third-order valence-corrected chi connectivity index (χ3v) is 9.16. The van der Waals surface area contributed by atoms with E-state index in [4.69, 9.17) is 9.47 Å². The lowest BCUT2D eigenvalue weighted by Gasteiger charge is -2.35. The van der Waals surface area contributed by atoms with Gasteiger partial charge >= 0.3 is 0 Å². The van der Waals surface area contributed by atoms with Gasteiger partial charge in [0.25, 0.3) is 0 Å². The monoisotopic (exact) mass is 536 g/mol. The summed E-state index contributed by atoms with van der Waals surface area (Å²) in [6, 6.07) is 3.83. The molecule has 1 unspecified atom stereocenters. The predicted molar refractivity (Wildman–Crippen MR) is 145 cm³/mol. The van der Waals surface area contributed by atoms with Crippen LogP contribution in [0.1, 0.15) is 49.7 Å². The van der Waals surface area contributed by atoms with Crippen LogP contribution in [0, 0.1) is 13.8 Å². The van der Waals surface area contributed by atoms with Crippen LogP contribution in [0.3, 0.4) is 0 Å². The van der Waals surface area contributed by atoms with Crippen molar-refractivity contribution < 1.29 is 23.6 Å². The third-order valence-electron chi connectivity index (χ3n) is 7.47. The molecule has 1 saturated carbocycles. The normalized spacial score (nSPS) is 21.2. The van der Waals surface area contributed by atoms with Crippen LogP contribution in [0.25, 0.3) is 0 Å². The summed E-state index contributed by atoms with van der Waals surface area (Å²) in [5, 5.41) is 2.69. The van der Waals surface area contributed by atoms with Crippen LogP contribution in [0.5, 0.6) is 5.75 Å². The molecule has 1 aliphatic carbocycles.